The third kappa shape index (κ3) is 4.43. The fourth-order valence-electron chi connectivity index (χ4n) is 2.34. The van der Waals surface area contributed by atoms with Crippen LogP contribution in [0.25, 0.3) is 0 Å². The molecule has 0 aromatic carbocycles. The zero-order valence-corrected chi connectivity index (χ0v) is 12.2. The summed E-state index contributed by atoms with van der Waals surface area (Å²) in [6.45, 7) is 8.39. The van der Waals surface area contributed by atoms with Crippen LogP contribution in [0.1, 0.15) is 25.7 Å². The lowest BCUT2D eigenvalue weighted by Crippen LogP contribution is -2.32. The summed E-state index contributed by atoms with van der Waals surface area (Å²) in [6.07, 6.45) is 2.14. The van der Waals surface area contributed by atoms with Gasteiger partial charge in [-0.3, -0.25) is 4.90 Å². The van der Waals surface area contributed by atoms with Crippen molar-refractivity contribution in [2.75, 3.05) is 50.8 Å². The second-order valence-corrected chi connectivity index (χ2v) is 5.06. The van der Waals surface area contributed by atoms with Crippen LogP contribution in [-0.4, -0.2) is 66.1 Å². The maximum absolute atomic E-state index is 9.00. The Morgan fingerprint density at radius 2 is 2.15 bits per heavy atom. The number of nitrogens with zero attached hydrogens (tertiary/aromatic N) is 4. The van der Waals surface area contributed by atoms with Gasteiger partial charge in [0, 0.05) is 26.2 Å². The highest BCUT2D eigenvalue weighted by molar-refractivity contribution is 5.24. The van der Waals surface area contributed by atoms with Crippen LogP contribution >= 0.6 is 0 Å². The second-order valence-electron chi connectivity index (χ2n) is 5.06. The lowest BCUT2D eigenvalue weighted by molar-refractivity contribution is 0.204. The zero-order valence-electron chi connectivity index (χ0n) is 12.2. The van der Waals surface area contributed by atoms with E-state index in [1.165, 1.54) is 0 Å². The van der Waals surface area contributed by atoms with E-state index in [-0.39, 0.29) is 6.61 Å². The number of rotatable bonds is 7. The monoisotopic (exact) mass is 283 g/mol. The first-order chi connectivity index (χ1) is 9.83. The molecule has 0 saturated carbocycles. The van der Waals surface area contributed by atoms with Crippen molar-refractivity contribution in [3.05, 3.63) is 5.89 Å². The van der Waals surface area contributed by atoms with Crippen molar-refractivity contribution >= 4 is 6.01 Å². The lowest BCUT2D eigenvalue weighted by Gasteiger charge is -2.19. The zero-order chi connectivity index (χ0) is 14.2. The van der Waals surface area contributed by atoms with Gasteiger partial charge in [-0.25, -0.2) is 0 Å². The molecule has 1 aliphatic heterocycles. The molecule has 2 heterocycles. The summed E-state index contributed by atoms with van der Waals surface area (Å²) in [4.78, 5) is 4.40. The first-order valence-corrected chi connectivity index (χ1v) is 7.44. The van der Waals surface area contributed by atoms with Crippen LogP contribution < -0.4 is 10.2 Å². The molecule has 0 spiro atoms. The topological polar surface area (TPSA) is 77.7 Å². The fraction of sp³-hybridized carbons (Fsp3) is 0.846. The van der Waals surface area contributed by atoms with Crippen LogP contribution in [0.5, 0.6) is 0 Å². The Kier molecular flexibility index (Phi) is 6.23. The van der Waals surface area contributed by atoms with Gasteiger partial charge in [-0.2, -0.15) is 0 Å². The molecule has 1 aromatic rings. The number of hydrogen-bond donors (Lipinski definition) is 2. The molecule has 2 rings (SSSR count). The van der Waals surface area contributed by atoms with Crippen LogP contribution in [0.2, 0.25) is 0 Å². The van der Waals surface area contributed by atoms with Crippen molar-refractivity contribution in [1.82, 2.24) is 20.4 Å². The minimum absolute atomic E-state index is 0.216. The number of hydrogen-bond acceptors (Lipinski definition) is 7. The highest BCUT2D eigenvalue weighted by Gasteiger charge is 2.19. The molecule has 0 atom stereocenters. The number of nitrogens with one attached hydrogen (secondary N) is 1. The van der Waals surface area contributed by atoms with Crippen LogP contribution in [0.3, 0.4) is 0 Å². The average molecular weight is 283 g/mol. The number of β-amino-alcohol motifs (C(OH)–C–C–N with tert-alkyl or cyclic N) is 1. The number of aliphatic hydroxyl groups excluding tert-OH is 1. The van der Waals surface area contributed by atoms with Crippen molar-refractivity contribution in [2.24, 2.45) is 0 Å². The van der Waals surface area contributed by atoms with Crippen molar-refractivity contribution in [3.63, 3.8) is 0 Å². The van der Waals surface area contributed by atoms with Crippen molar-refractivity contribution in [1.29, 1.82) is 0 Å². The highest BCUT2D eigenvalue weighted by Crippen LogP contribution is 2.14. The predicted molar refractivity (Wildman–Crippen MR) is 76.7 cm³/mol. The molecule has 114 valence electrons. The number of aromatic nitrogens is 2. The largest absolute Gasteiger partial charge is 0.407 e. The molecule has 1 saturated heterocycles. The van der Waals surface area contributed by atoms with Crippen LogP contribution in [0.4, 0.5) is 6.01 Å². The molecule has 20 heavy (non-hydrogen) atoms. The van der Waals surface area contributed by atoms with E-state index in [1.807, 2.05) is 0 Å². The van der Waals surface area contributed by atoms with E-state index in [4.69, 9.17) is 9.52 Å². The molecule has 1 aliphatic rings. The lowest BCUT2D eigenvalue weighted by atomic mass is 10.4. The summed E-state index contributed by atoms with van der Waals surface area (Å²) in [5.74, 6) is 0.643. The van der Waals surface area contributed by atoms with Gasteiger partial charge in [-0.15, -0.1) is 5.10 Å². The van der Waals surface area contributed by atoms with Crippen LogP contribution in [-0.2, 0) is 6.54 Å². The van der Waals surface area contributed by atoms with Gasteiger partial charge in [-0.1, -0.05) is 12.0 Å². The van der Waals surface area contributed by atoms with Gasteiger partial charge in [0.05, 0.1) is 13.2 Å². The third-order valence-electron chi connectivity index (χ3n) is 3.43. The van der Waals surface area contributed by atoms with E-state index >= 15 is 0 Å². The minimum atomic E-state index is 0.216. The first-order valence-electron chi connectivity index (χ1n) is 7.44. The molecule has 1 aromatic heterocycles. The minimum Gasteiger partial charge on any atom is -0.407 e. The highest BCUT2D eigenvalue weighted by atomic mass is 16.4. The Morgan fingerprint density at radius 1 is 1.25 bits per heavy atom. The average Bonchev–Trinajstić information content (AvgIpc) is 2.79. The van der Waals surface area contributed by atoms with Crippen LogP contribution in [0, 0.1) is 0 Å². The Morgan fingerprint density at radius 3 is 2.95 bits per heavy atom. The SMILES string of the molecule is CCCNCc1nnc(N2CCCN(CCO)CC2)o1. The standard InChI is InChI=1S/C13H25N5O2/c1-2-4-14-11-12-15-16-13(20-12)18-6-3-5-17(7-8-18)9-10-19/h14,19H,2-11H2,1H3. The smallest absolute Gasteiger partial charge is 0.318 e. The molecular formula is C13H25N5O2. The van der Waals surface area contributed by atoms with Gasteiger partial charge < -0.3 is 19.7 Å². The Labute approximate surface area is 120 Å². The van der Waals surface area contributed by atoms with Crippen LogP contribution in [0.15, 0.2) is 4.42 Å². The van der Waals surface area contributed by atoms with Gasteiger partial charge in [-0.05, 0) is 25.9 Å². The van der Waals surface area contributed by atoms with Crippen molar-refractivity contribution in [2.45, 2.75) is 26.3 Å². The maximum Gasteiger partial charge on any atom is 0.318 e. The molecular weight excluding hydrogens is 258 g/mol. The quantitative estimate of drug-likeness (QED) is 0.686. The maximum atomic E-state index is 9.00. The van der Waals surface area contributed by atoms with Gasteiger partial charge >= 0.3 is 6.01 Å². The third-order valence-corrected chi connectivity index (χ3v) is 3.43. The fourth-order valence-corrected chi connectivity index (χ4v) is 2.34. The summed E-state index contributed by atoms with van der Waals surface area (Å²) >= 11 is 0. The Balaban J connectivity index is 1.84. The van der Waals surface area contributed by atoms with Crippen molar-refractivity contribution in [3.8, 4) is 0 Å². The van der Waals surface area contributed by atoms with Gasteiger partial charge in [0.15, 0.2) is 0 Å². The molecule has 0 radical (unpaired) electrons. The molecule has 1 fully saturated rings. The normalized spacial score (nSPS) is 17.4. The molecule has 0 unspecified atom stereocenters. The molecule has 0 bridgehead atoms. The summed E-state index contributed by atoms with van der Waals surface area (Å²) in [6, 6.07) is 0.615. The summed E-state index contributed by atoms with van der Waals surface area (Å²) in [7, 11) is 0. The first kappa shape index (κ1) is 15.2. The molecule has 7 heteroatoms. The Hall–Kier alpha value is -1.18. The van der Waals surface area contributed by atoms with E-state index < -0.39 is 0 Å². The number of aliphatic hydroxyl groups is 1. The molecule has 2 N–H and O–H groups in total. The van der Waals surface area contributed by atoms with Gasteiger partial charge in [0.2, 0.25) is 5.89 Å². The summed E-state index contributed by atoms with van der Waals surface area (Å²) in [5, 5.41) is 20.5. The summed E-state index contributed by atoms with van der Waals surface area (Å²) in [5.41, 5.74) is 0. The van der Waals surface area contributed by atoms with E-state index in [9.17, 15) is 0 Å². The second kappa shape index (κ2) is 8.18. The Bertz CT molecular complexity index is 385. The van der Waals surface area contributed by atoms with Crippen molar-refractivity contribution < 1.29 is 9.52 Å². The van der Waals surface area contributed by atoms with E-state index in [1.54, 1.807) is 0 Å². The van der Waals surface area contributed by atoms with Gasteiger partial charge in [0.1, 0.15) is 0 Å². The van der Waals surface area contributed by atoms with E-state index in [2.05, 4.69) is 32.2 Å². The summed E-state index contributed by atoms with van der Waals surface area (Å²) < 4.78 is 5.69. The number of anilines is 1. The molecule has 0 amide bonds. The molecule has 0 aliphatic carbocycles. The predicted octanol–water partition coefficient (Wildman–Crippen LogP) is 0.0736. The van der Waals surface area contributed by atoms with E-state index in [0.717, 1.165) is 52.1 Å². The van der Waals surface area contributed by atoms with Gasteiger partial charge in [0.25, 0.3) is 0 Å². The molecule has 7 nitrogen and oxygen atoms in total. The van der Waals surface area contributed by atoms with E-state index in [0.29, 0.717) is 18.5 Å².